The number of benzene rings is 1. The smallest absolute Gasteiger partial charge is 0.255 e. The van der Waals surface area contributed by atoms with E-state index in [1.165, 1.54) is 24.9 Å². The van der Waals surface area contributed by atoms with E-state index in [1.54, 1.807) is 6.20 Å². The first kappa shape index (κ1) is 21.8. The van der Waals surface area contributed by atoms with Gasteiger partial charge in [0.15, 0.2) is 5.65 Å². The lowest BCUT2D eigenvalue weighted by molar-refractivity contribution is 0.0965. The zero-order valence-corrected chi connectivity index (χ0v) is 18.9. The minimum atomic E-state index is -0.0865. The molecule has 6 nitrogen and oxygen atoms in total. The van der Waals surface area contributed by atoms with Crippen LogP contribution >= 0.6 is 0 Å². The average molecular weight is 430 g/mol. The molecule has 0 saturated carbocycles. The first-order valence-electron chi connectivity index (χ1n) is 11.5. The van der Waals surface area contributed by atoms with E-state index < -0.39 is 0 Å². The summed E-state index contributed by atoms with van der Waals surface area (Å²) in [5.74, 6) is 0.694. The number of H-pyrrole nitrogens is 1. The summed E-state index contributed by atoms with van der Waals surface area (Å²) in [5.41, 5.74) is 5.35. The number of hydrogen-bond donors (Lipinski definition) is 2. The number of nitrogens with zero attached hydrogens (tertiary/aromatic N) is 3. The van der Waals surface area contributed by atoms with Gasteiger partial charge in [-0.25, -0.2) is 9.97 Å². The Morgan fingerprint density at radius 1 is 1.16 bits per heavy atom. The lowest BCUT2D eigenvalue weighted by atomic mass is 10.1. The van der Waals surface area contributed by atoms with E-state index in [9.17, 15) is 4.79 Å². The third kappa shape index (κ3) is 5.07. The first-order chi connectivity index (χ1) is 15.7. The van der Waals surface area contributed by atoms with Crippen LogP contribution in [0.15, 0.2) is 60.4 Å². The van der Waals surface area contributed by atoms with E-state index in [1.807, 2.05) is 37.3 Å². The van der Waals surface area contributed by atoms with E-state index in [-0.39, 0.29) is 5.91 Å². The monoisotopic (exact) mass is 429 g/mol. The number of nitrogens with one attached hydrogen (secondary N) is 2. The maximum absolute atomic E-state index is 12.9. The topological polar surface area (TPSA) is 73.9 Å². The van der Waals surface area contributed by atoms with Crippen LogP contribution in [0.1, 0.15) is 62.1 Å². The molecule has 0 aliphatic carbocycles. The number of carbonyl (C=O) groups excluding carboxylic acids is 1. The molecule has 32 heavy (non-hydrogen) atoms. The van der Waals surface area contributed by atoms with Gasteiger partial charge in [0.2, 0.25) is 0 Å². The van der Waals surface area contributed by atoms with Crippen molar-refractivity contribution in [2.45, 2.75) is 46.0 Å². The molecule has 1 saturated heterocycles. The average Bonchev–Trinajstić information content (AvgIpc) is 3.27. The Balaban J connectivity index is 1.45. The number of pyridine rings is 1. The van der Waals surface area contributed by atoms with Gasteiger partial charge in [-0.3, -0.25) is 4.79 Å². The summed E-state index contributed by atoms with van der Waals surface area (Å²) >= 11 is 0. The number of piperidine rings is 1. The fraction of sp³-hybridized carbons (Fsp3) is 0.346. The number of aromatic amines is 1. The molecule has 0 spiro atoms. The summed E-state index contributed by atoms with van der Waals surface area (Å²) < 4.78 is 0. The predicted molar refractivity (Wildman–Crippen MR) is 131 cm³/mol. The van der Waals surface area contributed by atoms with Crippen molar-refractivity contribution in [2.24, 2.45) is 0 Å². The van der Waals surface area contributed by atoms with Gasteiger partial charge in [-0.2, -0.15) is 0 Å². The van der Waals surface area contributed by atoms with E-state index in [2.05, 4.69) is 50.3 Å². The van der Waals surface area contributed by atoms with Crippen molar-refractivity contribution in [3.05, 3.63) is 71.8 Å². The van der Waals surface area contributed by atoms with Crippen molar-refractivity contribution in [1.82, 2.24) is 20.3 Å². The summed E-state index contributed by atoms with van der Waals surface area (Å²) in [6, 6.07) is 11.8. The van der Waals surface area contributed by atoms with Crippen LogP contribution in [-0.2, 0) is 0 Å². The second-order valence-corrected chi connectivity index (χ2v) is 8.14. The van der Waals surface area contributed by atoms with Crippen LogP contribution in [0, 0.1) is 0 Å². The van der Waals surface area contributed by atoms with Crippen molar-refractivity contribution >= 4 is 28.3 Å². The number of imidazole rings is 1. The van der Waals surface area contributed by atoms with Crippen LogP contribution < -0.4 is 10.2 Å². The lowest BCUT2D eigenvalue weighted by Gasteiger charge is -2.28. The second-order valence-electron chi connectivity index (χ2n) is 8.14. The summed E-state index contributed by atoms with van der Waals surface area (Å²) in [5, 5.41) is 3.11. The van der Waals surface area contributed by atoms with Gasteiger partial charge >= 0.3 is 0 Å². The zero-order valence-electron chi connectivity index (χ0n) is 18.9. The van der Waals surface area contributed by atoms with Crippen LogP contribution in [0.5, 0.6) is 0 Å². The predicted octanol–water partition coefficient (Wildman–Crippen LogP) is 5.47. The Hall–Kier alpha value is -3.41. The molecule has 0 unspecified atom stereocenters. The Labute approximate surface area is 189 Å². The molecule has 166 valence electrons. The molecule has 1 aliphatic rings. The standard InChI is InChI=1S/C26H31N5O/c1-3-9-21(18-19(4-2)24-29-23-10-8-15-27-25(23)30-24)28-26(32)20-11-13-22(14-12-20)31-16-6-5-7-17-31/h4,8-15H,3,5-7,16-18H2,1-2H3,(H,28,32)(H,27,29,30)/b19-4+,21-9+. The van der Waals surface area contributed by atoms with Gasteiger partial charge in [-0.15, -0.1) is 0 Å². The highest BCUT2D eigenvalue weighted by atomic mass is 16.1. The highest BCUT2D eigenvalue weighted by Gasteiger charge is 2.15. The second kappa shape index (κ2) is 10.3. The van der Waals surface area contributed by atoms with Gasteiger partial charge in [0, 0.05) is 42.7 Å². The quantitative estimate of drug-likeness (QED) is 0.523. The molecular formula is C26H31N5O. The Bertz CT molecular complexity index is 1090. The summed E-state index contributed by atoms with van der Waals surface area (Å²) in [4.78, 5) is 27.6. The molecule has 3 aromatic rings. The van der Waals surface area contributed by atoms with Crippen molar-refractivity contribution in [1.29, 1.82) is 0 Å². The molecule has 0 bridgehead atoms. The SMILES string of the molecule is C/C=C(\C/C(=C\CC)NC(=O)c1ccc(N2CCCCC2)cc1)c1nc2ncccc2[nH]1. The number of fused-ring (bicyclic) bond motifs is 1. The summed E-state index contributed by atoms with van der Waals surface area (Å²) in [6.45, 7) is 6.25. The van der Waals surface area contributed by atoms with E-state index >= 15 is 0 Å². The highest BCUT2D eigenvalue weighted by molar-refractivity contribution is 5.95. The van der Waals surface area contributed by atoms with Crippen LogP contribution in [0.25, 0.3) is 16.7 Å². The molecule has 3 heterocycles. The third-order valence-electron chi connectivity index (χ3n) is 5.87. The van der Waals surface area contributed by atoms with Crippen molar-refractivity contribution in [2.75, 3.05) is 18.0 Å². The molecule has 6 heteroatoms. The Kier molecular flexibility index (Phi) is 7.00. The molecule has 1 amide bonds. The third-order valence-corrected chi connectivity index (χ3v) is 5.87. The van der Waals surface area contributed by atoms with Crippen LogP contribution in [0.3, 0.4) is 0 Å². The maximum atomic E-state index is 12.9. The maximum Gasteiger partial charge on any atom is 0.255 e. The van der Waals surface area contributed by atoms with E-state index in [0.717, 1.165) is 42.1 Å². The molecule has 0 atom stereocenters. The summed E-state index contributed by atoms with van der Waals surface area (Å²) in [6.07, 6.45) is 11.0. The van der Waals surface area contributed by atoms with Crippen LogP contribution in [0.4, 0.5) is 5.69 Å². The van der Waals surface area contributed by atoms with Gasteiger partial charge in [-0.05, 0) is 74.6 Å². The fourth-order valence-electron chi connectivity index (χ4n) is 4.13. The molecule has 1 aromatic carbocycles. The minimum Gasteiger partial charge on any atom is -0.372 e. The Morgan fingerprint density at radius 3 is 2.62 bits per heavy atom. The number of hydrogen-bond acceptors (Lipinski definition) is 4. The molecule has 1 fully saturated rings. The normalized spacial score (nSPS) is 15.2. The van der Waals surface area contributed by atoms with Crippen LogP contribution in [-0.4, -0.2) is 33.9 Å². The van der Waals surface area contributed by atoms with Gasteiger partial charge < -0.3 is 15.2 Å². The fourth-order valence-corrected chi connectivity index (χ4v) is 4.13. The molecule has 2 N–H and O–H groups in total. The van der Waals surface area contributed by atoms with E-state index in [0.29, 0.717) is 17.6 Å². The van der Waals surface area contributed by atoms with Crippen molar-refractivity contribution in [3.63, 3.8) is 0 Å². The number of allylic oxidation sites excluding steroid dienone is 3. The van der Waals surface area contributed by atoms with E-state index in [4.69, 9.17) is 0 Å². The van der Waals surface area contributed by atoms with Gasteiger partial charge in [0.1, 0.15) is 5.82 Å². The van der Waals surface area contributed by atoms with Gasteiger partial charge in [0.05, 0.1) is 5.52 Å². The minimum absolute atomic E-state index is 0.0865. The molecule has 1 aliphatic heterocycles. The number of carbonyl (C=O) groups is 1. The number of amides is 1. The Morgan fingerprint density at radius 2 is 1.94 bits per heavy atom. The molecular weight excluding hydrogens is 398 g/mol. The first-order valence-corrected chi connectivity index (χ1v) is 11.5. The largest absolute Gasteiger partial charge is 0.372 e. The highest BCUT2D eigenvalue weighted by Crippen LogP contribution is 2.23. The van der Waals surface area contributed by atoms with Crippen molar-refractivity contribution < 1.29 is 4.79 Å². The zero-order chi connectivity index (χ0) is 22.3. The molecule has 2 aromatic heterocycles. The summed E-state index contributed by atoms with van der Waals surface area (Å²) in [7, 11) is 0. The lowest BCUT2D eigenvalue weighted by Crippen LogP contribution is -2.29. The van der Waals surface area contributed by atoms with Crippen molar-refractivity contribution in [3.8, 4) is 0 Å². The van der Waals surface area contributed by atoms with Crippen LogP contribution in [0.2, 0.25) is 0 Å². The number of aromatic nitrogens is 3. The van der Waals surface area contributed by atoms with Gasteiger partial charge in [0.25, 0.3) is 5.91 Å². The molecule has 0 radical (unpaired) electrons. The number of rotatable bonds is 7. The van der Waals surface area contributed by atoms with Gasteiger partial charge in [-0.1, -0.05) is 19.1 Å². The molecule has 4 rings (SSSR count). The number of anilines is 1.